The Morgan fingerprint density at radius 2 is 2.05 bits per heavy atom. The molecule has 0 amide bonds. The lowest BCUT2D eigenvalue weighted by Crippen LogP contribution is -2.42. The Labute approximate surface area is 132 Å². The molecule has 1 unspecified atom stereocenters. The molecule has 0 spiro atoms. The number of fused-ring (bicyclic) bond motifs is 1. The number of benzene rings is 1. The van der Waals surface area contributed by atoms with E-state index in [1.807, 2.05) is 0 Å². The lowest BCUT2D eigenvalue weighted by molar-refractivity contribution is -0.151. The zero-order valence-electron chi connectivity index (χ0n) is 11.2. The fourth-order valence-corrected chi connectivity index (χ4v) is 3.78. The normalized spacial score (nSPS) is 14.0. The van der Waals surface area contributed by atoms with E-state index in [-0.39, 0.29) is 12.1 Å². The lowest BCUT2D eigenvalue weighted by Gasteiger charge is -2.27. The first-order valence-electron chi connectivity index (χ1n) is 6.44. The van der Waals surface area contributed by atoms with Gasteiger partial charge in [-0.2, -0.15) is 8.78 Å². The van der Waals surface area contributed by atoms with Crippen molar-refractivity contribution in [2.24, 2.45) is 0 Å². The maximum atomic E-state index is 13.9. The molecule has 0 aliphatic rings. The van der Waals surface area contributed by atoms with E-state index in [0.717, 1.165) is 9.17 Å². The van der Waals surface area contributed by atoms with Crippen molar-refractivity contribution in [1.82, 2.24) is 5.32 Å². The van der Waals surface area contributed by atoms with Gasteiger partial charge in [0.25, 0.3) is 0 Å². The Bertz CT molecular complexity index is 614. The number of thiophene rings is 1. The van der Waals surface area contributed by atoms with E-state index in [4.69, 9.17) is 0 Å². The average Bonchev–Trinajstić information content (AvgIpc) is 2.84. The van der Waals surface area contributed by atoms with Crippen molar-refractivity contribution >= 4 is 37.4 Å². The fourth-order valence-electron chi connectivity index (χ4n) is 2.13. The molecule has 116 valence electrons. The highest BCUT2D eigenvalue weighted by atomic mass is 79.9. The highest BCUT2D eigenvalue weighted by Crippen LogP contribution is 2.42. The third kappa shape index (κ3) is 3.24. The average molecular weight is 384 g/mol. The zero-order valence-corrected chi connectivity index (χ0v) is 13.6. The highest BCUT2D eigenvalue weighted by Gasteiger charge is 2.49. The molecule has 0 saturated carbocycles. The van der Waals surface area contributed by atoms with E-state index in [1.54, 1.807) is 25.1 Å². The van der Waals surface area contributed by atoms with E-state index in [0.29, 0.717) is 11.8 Å². The van der Waals surface area contributed by atoms with Crippen molar-refractivity contribution in [2.75, 3.05) is 6.54 Å². The summed E-state index contributed by atoms with van der Waals surface area (Å²) in [5, 5.41) is 4.67. The van der Waals surface area contributed by atoms with Crippen LogP contribution in [0.25, 0.3) is 10.1 Å². The number of alkyl halides is 4. The summed E-state index contributed by atoms with van der Waals surface area (Å²) in [6.07, 6.45) is -3.13. The topological polar surface area (TPSA) is 12.0 Å². The minimum Gasteiger partial charge on any atom is -0.305 e. The van der Waals surface area contributed by atoms with Crippen LogP contribution in [-0.2, 0) is 0 Å². The molecule has 21 heavy (non-hydrogen) atoms. The van der Waals surface area contributed by atoms with Crippen LogP contribution in [0.3, 0.4) is 0 Å². The summed E-state index contributed by atoms with van der Waals surface area (Å²) in [7, 11) is 0. The maximum Gasteiger partial charge on any atom is 0.326 e. The highest BCUT2D eigenvalue weighted by molar-refractivity contribution is 9.10. The van der Waals surface area contributed by atoms with Crippen LogP contribution in [0.1, 0.15) is 24.9 Å². The first kappa shape index (κ1) is 16.7. The summed E-state index contributed by atoms with van der Waals surface area (Å²) in [4.78, 5) is 0. The van der Waals surface area contributed by atoms with E-state index >= 15 is 0 Å². The molecule has 1 aromatic carbocycles. The van der Waals surface area contributed by atoms with Gasteiger partial charge >= 0.3 is 12.3 Å². The van der Waals surface area contributed by atoms with Crippen LogP contribution in [0, 0.1) is 0 Å². The molecule has 1 nitrogen and oxygen atoms in total. The Kier molecular flexibility index (Phi) is 5.27. The Balaban J connectivity index is 2.51. The van der Waals surface area contributed by atoms with Gasteiger partial charge < -0.3 is 5.32 Å². The van der Waals surface area contributed by atoms with Crippen LogP contribution in [0.5, 0.6) is 0 Å². The number of hydrogen-bond donors (Lipinski definition) is 1. The number of rotatable bonds is 6. The Morgan fingerprint density at radius 1 is 1.33 bits per heavy atom. The SMILES string of the molecule is CCCNC(c1csc2c(Br)cccc12)C(F)(F)C(F)F. The predicted molar refractivity (Wildman–Crippen MR) is 81.5 cm³/mol. The fraction of sp³-hybridized carbons (Fsp3) is 0.429. The van der Waals surface area contributed by atoms with Crippen molar-refractivity contribution in [3.8, 4) is 0 Å². The van der Waals surface area contributed by atoms with Crippen molar-refractivity contribution in [3.05, 3.63) is 33.6 Å². The third-order valence-electron chi connectivity index (χ3n) is 3.17. The quantitative estimate of drug-likeness (QED) is 0.639. The summed E-state index contributed by atoms with van der Waals surface area (Å²) in [5.41, 5.74) is 0.218. The summed E-state index contributed by atoms with van der Waals surface area (Å²) < 4.78 is 54.9. The van der Waals surface area contributed by atoms with Crippen LogP contribution >= 0.6 is 27.3 Å². The molecule has 1 heterocycles. The van der Waals surface area contributed by atoms with Gasteiger partial charge in [-0.25, -0.2) is 8.78 Å². The summed E-state index contributed by atoms with van der Waals surface area (Å²) in [5.74, 6) is -4.12. The standard InChI is InChI=1S/C14H14BrF4NS/c1-2-6-20-12(14(18,19)13(16)17)9-7-21-11-8(9)4-3-5-10(11)15/h3-5,7,12-13,20H,2,6H2,1H3. The predicted octanol–water partition coefficient (Wildman–Crippen LogP) is 5.60. The monoisotopic (exact) mass is 383 g/mol. The second-order valence-corrected chi connectivity index (χ2v) is 6.40. The molecule has 2 rings (SSSR count). The third-order valence-corrected chi connectivity index (χ3v) is 5.14. The molecule has 7 heteroatoms. The summed E-state index contributed by atoms with van der Waals surface area (Å²) in [6, 6.07) is 3.48. The van der Waals surface area contributed by atoms with Crippen LogP contribution < -0.4 is 5.32 Å². The van der Waals surface area contributed by atoms with Gasteiger partial charge in [-0.15, -0.1) is 11.3 Å². The molecular formula is C14H14BrF4NS. The second kappa shape index (κ2) is 6.62. The smallest absolute Gasteiger partial charge is 0.305 e. The van der Waals surface area contributed by atoms with Crippen LogP contribution in [0.2, 0.25) is 0 Å². The van der Waals surface area contributed by atoms with Gasteiger partial charge in [-0.3, -0.25) is 0 Å². The van der Waals surface area contributed by atoms with E-state index in [2.05, 4.69) is 21.2 Å². The van der Waals surface area contributed by atoms with Crippen molar-refractivity contribution in [1.29, 1.82) is 0 Å². The van der Waals surface area contributed by atoms with E-state index < -0.39 is 18.4 Å². The minimum absolute atomic E-state index is 0.218. The number of halogens is 5. The van der Waals surface area contributed by atoms with E-state index in [9.17, 15) is 17.6 Å². The Hall–Kier alpha value is -0.660. The molecule has 0 radical (unpaired) electrons. The Morgan fingerprint density at radius 3 is 2.67 bits per heavy atom. The maximum absolute atomic E-state index is 13.9. The van der Waals surface area contributed by atoms with Gasteiger partial charge in [0.15, 0.2) is 0 Å². The molecule has 0 bridgehead atoms. The van der Waals surface area contributed by atoms with Crippen LogP contribution in [-0.4, -0.2) is 18.9 Å². The van der Waals surface area contributed by atoms with Crippen LogP contribution in [0.15, 0.2) is 28.1 Å². The van der Waals surface area contributed by atoms with Gasteiger partial charge in [-0.05, 0) is 51.3 Å². The first-order valence-corrected chi connectivity index (χ1v) is 8.11. The number of hydrogen-bond acceptors (Lipinski definition) is 2. The van der Waals surface area contributed by atoms with Gasteiger partial charge in [0.2, 0.25) is 0 Å². The molecule has 0 fully saturated rings. The molecule has 1 aromatic heterocycles. The van der Waals surface area contributed by atoms with Gasteiger partial charge in [-0.1, -0.05) is 19.1 Å². The van der Waals surface area contributed by atoms with Crippen LogP contribution in [0.4, 0.5) is 17.6 Å². The second-order valence-electron chi connectivity index (χ2n) is 4.67. The molecule has 2 aromatic rings. The molecule has 1 atom stereocenters. The molecular weight excluding hydrogens is 370 g/mol. The van der Waals surface area contributed by atoms with Crippen molar-refractivity contribution < 1.29 is 17.6 Å². The first-order chi connectivity index (χ1) is 9.89. The lowest BCUT2D eigenvalue weighted by atomic mass is 9.99. The molecule has 1 N–H and O–H groups in total. The van der Waals surface area contributed by atoms with Gasteiger partial charge in [0.05, 0.1) is 0 Å². The summed E-state index contributed by atoms with van der Waals surface area (Å²) >= 11 is 4.61. The zero-order chi connectivity index (χ0) is 15.6. The van der Waals surface area contributed by atoms with Crippen molar-refractivity contribution in [3.63, 3.8) is 0 Å². The molecule has 0 aliphatic carbocycles. The molecule has 0 saturated heterocycles. The molecule has 0 aliphatic heterocycles. The summed E-state index contributed by atoms with van der Waals surface area (Å²) in [6.45, 7) is 2.05. The number of nitrogens with one attached hydrogen (secondary N) is 1. The van der Waals surface area contributed by atoms with Gasteiger partial charge in [0, 0.05) is 9.17 Å². The van der Waals surface area contributed by atoms with Crippen molar-refractivity contribution in [2.45, 2.75) is 31.7 Å². The van der Waals surface area contributed by atoms with Gasteiger partial charge in [0.1, 0.15) is 6.04 Å². The van der Waals surface area contributed by atoms with E-state index in [1.165, 1.54) is 16.7 Å². The minimum atomic E-state index is -4.12. The largest absolute Gasteiger partial charge is 0.326 e.